The standard InChI is InChI=1S/C24H19F3N2O2/c25-19-7-1-4-16(10-19)14-29(24(30)18-6-3-9-21(27)12-18)15-22-13-23(28-31-22)17-5-2-8-20(26)11-17/h1-12,22H,13-15H2/t22-/m1/s1. The van der Waals surface area contributed by atoms with Gasteiger partial charge in [-0.25, -0.2) is 13.2 Å². The molecule has 3 aromatic carbocycles. The molecule has 1 amide bonds. The quantitative estimate of drug-likeness (QED) is 0.563. The van der Waals surface area contributed by atoms with Crippen LogP contribution in [-0.2, 0) is 11.4 Å². The summed E-state index contributed by atoms with van der Waals surface area (Å²) in [4.78, 5) is 20.0. The van der Waals surface area contributed by atoms with Gasteiger partial charge in [-0.2, -0.15) is 0 Å². The molecule has 0 bridgehead atoms. The minimum absolute atomic E-state index is 0.113. The molecule has 0 aliphatic carbocycles. The van der Waals surface area contributed by atoms with E-state index in [1.807, 2.05) is 0 Å². The van der Waals surface area contributed by atoms with Crippen LogP contribution in [-0.4, -0.2) is 29.2 Å². The first-order chi connectivity index (χ1) is 15.0. The van der Waals surface area contributed by atoms with Crippen molar-refractivity contribution in [2.75, 3.05) is 6.54 Å². The van der Waals surface area contributed by atoms with Gasteiger partial charge in [-0.05, 0) is 48.0 Å². The van der Waals surface area contributed by atoms with E-state index in [1.165, 1.54) is 47.4 Å². The van der Waals surface area contributed by atoms with Crippen molar-refractivity contribution >= 4 is 11.6 Å². The minimum atomic E-state index is -0.523. The zero-order valence-electron chi connectivity index (χ0n) is 16.5. The van der Waals surface area contributed by atoms with Crippen molar-refractivity contribution < 1.29 is 22.8 Å². The van der Waals surface area contributed by atoms with Crippen molar-refractivity contribution in [2.24, 2.45) is 5.16 Å². The molecule has 0 N–H and O–H groups in total. The molecule has 4 rings (SSSR count). The van der Waals surface area contributed by atoms with E-state index in [2.05, 4.69) is 5.16 Å². The molecule has 0 unspecified atom stereocenters. The van der Waals surface area contributed by atoms with Gasteiger partial charge in [0.1, 0.15) is 17.5 Å². The summed E-state index contributed by atoms with van der Waals surface area (Å²) < 4.78 is 40.8. The summed E-state index contributed by atoms with van der Waals surface area (Å²) >= 11 is 0. The molecule has 0 aromatic heterocycles. The van der Waals surface area contributed by atoms with Crippen LogP contribution in [0.3, 0.4) is 0 Å². The van der Waals surface area contributed by atoms with Crippen LogP contribution in [0, 0.1) is 17.5 Å². The van der Waals surface area contributed by atoms with Crippen molar-refractivity contribution in [2.45, 2.75) is 19.1 Å². The van der Waals surface area contributed by atoms with Crippen LogP contribution in [0.5, 0.6) is 0 Å². The Morgan fingerprint density at radius 2 is 1.61 bits per heavy atom. The predicted molar refractivity (Wildman–Crippen MR) is 110 cm³/mol. The summed E-state index contributed by atoms with van der Waals surface area (Å²) in [5, 5.41) is 4.04. The van der Waals surface area contributed by atoms with E-state index in [0.717, 1.165) is 6.07 Å². The van der Waals surface area contributed by atoms with Crippen molar-refractivity contribution in [1.82, 2.24) is 4.90 Å². The van der Waals surface area contributed by atoms with Crippen molar-refractivity contribution in [3.05, 3.63) is 107 Å². The van der Waals surface area contributed by atoms with Crippen molar-refractivity contribution in [3.8, 4) is 0 Å². The molecule has 7 heteroatoms. The number of carbonyl (C=O) groups is 1. The summed E-state index contributed by atoms with van der Waals surface area (Å²) in [6, 6.07) is 17.4. The highest BCUT2D eigenvalue weighted by Crippen LogP contribution is 2.21. The summed E-state index contributed by atoms with van der Waals surface area (Å²) in [7, 11) is 0. The molecule has 1 aliphatic heterocycles. The van der Waals surface area contributed by atoms with E-state index in [4.69, 9.17) is 4.84 Å². The normalized spacial score (nSPS) is 15.3. The van der Waals surface area contributed by atoms with Crippen LogP contribution < -0.4 is 0 Å². The summed E-state index contributed by atoms with van der Waals surface area (Å²) in [5.74, 6) is -1.72. The van der Waals surface area contributed by atoms with Crippen LogP contribution in [0.2, 0.25) is 0 Å². The van der Waals surface area contributed by atoms with Crippen molar-refractivity contribution in [3.63, 3.8) is 0 Å². The van der Waals surface area contributed by atoms with Crippen LogP contribution in [0.25, 0.3) is 0 Å². The van der Waals surface area contributed by atoms with Gasteiger partial charge in [0.05, 0.1) is 12.3 Å². The molecule has 0 saturated carbocycles. The van der Waals surface area contributed by atoms with Crippen LogP contribution in [0.1, 0.15) is 27.9 Å². The lowest BCUT2D eigenvalue weighted by Gasteiger charge is -2.25. The number of benzene rings is 3. The van der Waals surface area contributed by atoms with Gasteiger partial charge in [-0.3, -0.25) is 4.79 Å². The number of amides is 1. The second-order valence-corrected chi connectivity index (χ2v) is 7.31. The van der Waals surface area contributed by atoms with E-state index < -0.39 is 23.6 Å². The summed E-state index contributed by atoms with van der Waals surface area (Å²) in [6.07, 6.45) is -0.0937. The van der Waals surface area contributed by atoms with E-state index in [9.17, 15) is 18.0 Å². The fourth-order valence-corrected chi connectivity index (χ4v) is 3.49. The fraction of sp³-hybridized carbons (Fsp3) is 0.167. The number of carbonyl (C=O) groups excluding carboxylic acids is 1. The molecular weight excluding hydrogens is 405 g/mol. The Balaban J connectivity index is 1.52. The van der Waals surface area contributed by atoms with Crippen LogP contribution in [0.4, 0.5) is 13.2 Å². The molecule has 158 valence electrons. The average Bonchev–Trinajstić information content (AvgIpc) is 3.21. The third-order valence-corrected chi connectivity index (χ3v) is 4.94. The summed E-state index contributed by atoms with van der Waals surface area (Å²) in [5.41, 5.74) is 1.96. The van der Waals surface area contributed by atoms with E-state index >= 15 is 0 Å². The monoisotopic (exact) mass is 424 g/mol. The van der Waals surface area contributed by atoms with Gasteiger partial charge in [0, 0.05) is 24.1 Å². The van der Waals surface area contributed by atoms with E-state index in [0.29, 0.717) is 23.3 Å². The van der Waals surface area contributed by atoms with Crippen LogP contribution >= 0.6 is 0 Å². The number of nitrogens with zero attached hydrogens (tertiary/aromatic N) is 2. The second-order valence-electron chi connectivity index (χ2n) is 7.31. The fourth-order valence-electron chi connectivity index (χ4n) is 3.49. The van der Waals surface area contributed by atoms with Gasteiger partial charge in [0.15, 0.2) is 6.10 Å². The topological polar surface area (TPSA) is 41.9 Å². The zero-order valence-corrected chi connectivity index (χ0v) is 16.5. The first-order valence-corrected chi connectivity index (χ1v) is 9.76. The molecule has 0 radical (unpaired) electrons. The Hall–Kier alpha value is -3.61. The van der Waals surface area contributed by atoms with Gasteiger partial charge in [-0.15, -0.1) is 0 Å². The third kappa shape index (κ3) is 5.12. The average molecular weight is 424 g/mol. The molecule has 0 spiro atoms. The van der Waals surface area contributed by atoms with Gasteiger partial charge in [0.2, 0.25) is 0 Å². The lowest BCUT2D eigenvalue weighted by atomic mass is 10.0. The largest absolute Gasteiger partial charge is 0.390 e. The number of hydrogen-bond acceptors (Lipinski definition) is 3. The maximum atomic E-state index is 13.7. The maximum Gasteiger partial charge on any atom is 0.254 e. The lowest BCUT2D eigenvalue weighted by Crippen LogP contribution is -2.37. The van der Waals surface area contributed by atoms with Gasteiger partial charge < -0.3 is 9.74 Å². The first kappa shape index (κ1) is 20.7. The van der Waals surface area contributed by atoms with Crippen molar-refractivity contribution in [1.29, 1.82) is 0 Å². The Morgan fingerprint density at radius 3 is 2.32 bits per heavy atom. The molecule has 0 saturated heterocycles. The molecule has 3 aromatic rings. The number of oxime groups is 1. The zero-order chi connectivity index (χ0) is 21.8. The SMILES string of the molecule is O=C(c1cccc(F)c1)N(Cc1cccc(F)c1)C[C@H]1CC(c2cccc(F)c2)=NO1. The van der Waals surface area contributed by atoms with Gasteiger partial charge >= 0.3 is 0 Å². The minimum Gasteiger partial charge on any atom is -0.390 e. The second kappa shape index (κ2) is 9.04. The van der Waals surface area contributed by atoms with Crippen LogP contribution in [0.15, 0.2) is 78.0 Å². The molecule has 31 heavy (non-hydrogen) atoms. The first-order valence-electron chi connectivity index (χ1n) is 9.76. The van der Waals surface area contributed by atoms with Gasteiger partial charge in [-0.1, -0.05) is 35.5 Å². The molecule has 0 fully saturated rings. The Labute approximate surface area is 177 Å². The number of halogens is 3. The lowest BCUT2D eigenvalue weighted by molar-refractivity contribution is 0.0404. The van der Waals surface area contributed by atoms with E-state index in [-0.39, 0.29) is 24.5 Å². The smallest absolute Gasteiger partial charge is 0.254 e. The molecular formula is C24H19F3N2O2. The molecule has 1 heterocycles. The summed E-state index contributed by atoms with van der Waals surface area (Å²) in [6.45, 7) is 0.260. The molecule has 1 aliphatic rings. The number of rotatable bonds is 6. The molecule has 1 atom stereocenters. The Bertz CT molecular complexity index is 1130. The molecule has 4 nitrogen and oxygen atoms in total. The third-order valence-electron chi connectivity index (χ3n) is 4.94. The highest BCUT2D eigenvalue weighted by atomic mass is 19.1. The van der Waals surface area contributed by atoms with E-state index in [1.54, 1.807) is 24.3 Å². The number of hydrogen-bond donors (Lipinski definition) is 0. The Morgan fingerprint density at radius 1 is 0.935 bits per heavy atom. The maximum absolute atomic E-state index is 13.7. The highest BCUT2D eigenvalue weighted by Gasteiger charge is 2.28. The highest BCUT2D eigenvalue weighted by molar-refractivity contribution is 6.01. The Kier molecular flexibility index (Phi) is 6.02. The predicted octanol–water partition coefficient (Wildman–Crippen LogP) is 4.94. The van der Waals surface area contributed by atoms with Gasteiger partial charge in [0.25, 0.3) is 5.91 Å².